The van der Waals surface area contributed by atoms with Crippen LogP contribution in [0, 0.1) is 6.92 Å². The highest BCUT2D eigenvalue weighted by molar-refractivity contribution is 5.95. The first kappa shape index (κ1) is 12.1. The van der Waals surface area contributed by atoms with E-state index < -0.39 is 0 Å². The van der Waals surface area contributed by atoms with Gasteiger partial charge in [-0.25, -0.2) is 0 Å². The van der Waals surface area contributed by atoms with E-state index in [-0.39, 0.29) is 5.91 Å². The third-order valence-corrected chi connectivity index (χ3v) is 3.33. The number of carbonyl (C=O) groups excluding carboxylic acids is 1. The molecule has 1 aliphatic heterocycles. The van der Waals surface area contributed by atoms with Crippen molar-refractivity contribution in [3.63, 3.8) is 0 Å². The summed E-state index contributed by atoms with van der Waals surface area (Å²) in [7, 11) is 0. The van der Waals surface area contributed by atoms with E-state index in [0.29, 0.717) is 6.04 Å². The lowest BCUT2D eigenvalue weighted by Gasteiger charge is -2.11. The number of carbonyl (C=O) groups is 1. The molecule has 0 radical (unpaired) electrons. The molecule has 0 aliphatic carbocycles. The Kier molecular flexibility index (Phi) is 4.15. The van der Waals surface area contributed by atoms with E-state index in [4.69, 9.17) is 0 Å². The molecule has 1 aromatic rings. The van der Waals surface area contributed by atoms with Gasteiger partial charge in [0.15, 0.2) is 0 Å². The number of amides is 1. The van der Waals surface area contributed by atoms with Gasteiger partial charge < -0.3 is 10.6 Å². The van der Waals surface area contributed by atoms with E-state index in [1.807, 2.05) is 31.2 Å². The monoisotopic (exact) mass is 232 g/mol. The van der Waals surface area contributed by atoms with Gasteiger partial charge in [0.2, 0.25) is 0 Å². The summed E-state index contributed by atoms with van der Waals surface area (Å²) in [6, 6.07) is 8.29. The number of benzene rings is 1. The lowest BCUT2D eigenvalue weighted by Crippen LogP contribution is -2.30. The second kappa shape index (κ2) is 5.82. The largest absolute Gasteiger partial charge is 0.352 e. The summed E-state index contributed by atoms with van der Waals surface area (Å²) in [5, 5.41) is 6.42. The molecule has 0 unspecified atom stereocenters. The standard InChI is InChI=1S/C14H20N2O/c1-11-5-2-3-7-13(11)14(17)16-10-8-12-6-4-9-15-12/h2-3,5,7,12,15H,4,6,8-10H2,1H3,(H,16,17)/t12-/m0/s1. The van der Waals surface area contributed by atoms with Gasteiger partial charge in [0.25, 0.3) is 5.91 Å². The normalized spacial score (nSPS) is 19.2. The molecule has 2 rings (SSSR count). The van der Waals surface area contributed by atoms with Gasteiger partial charge in [-0.2, -0.15) is 0 Å². The lowest BCUT2D eigenvalue weighted by atomic mass is 10.1. The van der Waals surface area contributed by atoms with Gasteiger partial charge in [0.05, 0.1) is 0 Å². The fourth-order valence-corrected chi connectivity index (χ4v) is 2.29. The molecule has 3 nitrogen and oxygen atoms in total. The van der Waals surface area contributed by atoms with Gasteiger partial charge in [-0.1, -0.05) is 18.2 Å². The maximum absolute atomic E-state index is 11.9. The Morgan fingerprint density at radius 1 is 1.47 bits per heavy atom. The average Bonchev–Trinajstić information content (AvgIpc) is 2.82. The molecule has 1 heterocycles. The first-order valence-electron chi connectivity index (χ1n) is 6.34. The fraction of sp³-hybridized carbons (Fsp3) is 0.500. The van der Waals surface area contributed by atoms with E-state index in [2.05, 4.69) is 10.6 Å². The molecule has 0 aromatic heterocycles. The maximum atomic E-state index is 11.9. The molecule has 92 valence electrons. The minimum Gasteiger partial charge on any atom is -0.352 e. The second-order valence-corrected chi connectivity index (χ2v) is 4.65. The Bertz CT molecular complexity index is 384. The van der Waals surface area contributed by atoms with Gasteiger partial charge in [0, 0.05) is 18.2 Å². The number of hydrogen-bond acceptors (Lipinski definition) is 2. The zero-order chi connectivity index (χ0) is 12.1. The Morgan fingerprint density at radius 3 is 3.00 bits per heavy atom. The SMILES string of the molecule is Cc1ccccc1C(=O)NCC[C@@H]1CCCN1. The highest BCUT2D eigenvalue weighted by Gasteiger charge is 2.14. The van der Waals surface area contributed by atoms with Crippen LogP contribution < -0.4 is 10.6 Å². The maximum Gasteiger partial charge on any atom is 0.251 e. The van der Waals surface area contributed by atoms with Crippen molar-refractivity contribution in [1.29, 1.82) is 0 Å². The molecule has 1 amide bonds. The number of aryl methyl sites for hydroxylation is 1. The van der Waals surface area contributed by atoms with Crippen molar-refractivity contribution in [1.82, 2.24) is 10.6 Å². The van der Waals surface area contributed by atoms with E-state index in [1.165, 1.54) is 12.8 Å². The summed E-state index contributed by atoms with van der Waals surface area (Å²) in [5.41, 5.74) is 1.82. The van der Waals surface area contributed by atoms with Crippen LogP contribution in [0.3, 0.4) is 0 Å². The molecule has 2 N–H and O–H groups in total. The topological polar surface area (TPSA) is 41.1 Å². The number of nitrogens with one attached hydrogen (secondary N) is 2. The average molecular weight is 232 g/mol. The summed E-state index contributed by atoms with van der Waals surface area (Å²) < 4.78 is 0. The molecular formula is C14H20N2O. The van der Waals surface area contributed by atoms with Crippen molar-refractivity contribution in [2.24, 2.45) is 0 Å². The van der Waals surface area contributed by atoms with Gasteiger partial charge in [-0.3, -0.25) is 4.79 Å². The van der Waals surface area contributed by atoms with Crippen molar-refractivity contribution in [2.45, 2.75) is 32.2 Å². The molecule has 3 heteroatoms. The summed E-state index contributed by atoms with van der Waals surface area (Å²) >= 11 is 0. The van der Waals surface area contributed by atoms with E-state index in [9.17, 15) is 4.79 Å². The van der Waals surface area contributed by atoms with Crippen LogP contribution in [0.5, 0.6) is 0 Å². The lowest BCUT2D eigenvalue weighted by molar-refractivity contribution is 0.0951. The molecule has 1 saturated heterocycles. The van der Waals surface area contributed by atoms with E-state index in [0.717, 1.165) is 30.6 Å². The zero-order valence-corrected chi connectivity index (χ0v) is 10.3. The van der Waals surface area contributed by atoms with E-state index in [1.54, 1.807) is 0 Å². The van der Waals surface area contributed by atoms with Crippen LogP contribution in [0.2, 0.25) is 0 Å². The second-order valence-electron chi connectivity index (χ2n) is 4.65. The smallest absolute Gasteiger partial charge is 0.251 e. The van der Waals surface area contributed by atoms with Crippen LogP contribution in [0.25, 0.3) is 0 Å². The van der Waals surface area contributed by atoms with Crippen LogP contribution >= 0.6 is 0 Å². The molecule has 17 heavy (non-hydrogen) atoms. The predicted molar refractivity (Wildman–Crippen MR) is 69.2 cm³/mol. The fourth-order valence-electron chi connectivity index (χ4n) is 2.29. The first-order valence-corrected chi connectivity index (χ1v) is 6.34. The Morgan fingerprint density at radius 2 is 2.29 bits per heavy atom. The first-order chi connectivity index (χ1) is 8.27. The minimum atomic E-state index is 0.0427. The highest BCUT2D eigenvalue weighted by atomic mass is 16.1. The Hall–Kier alpha value is -1.35. The van der Waals surface area contributed by atoms with Crippen LogP contribution in [0.15, 0.2) is 24.3 Å². The van der Waals surface area contributed by atoms with Crippen molar-refractivity contribution < 1.29 is 4.79 Å². The quantitative estimate of drug-likeness (QED) is 0.832. The summed E-state index contributed by atoms with van der Waals surface area (Å²) in [6.07, 6.45) is 3.52. The molecule has 0 bridgehead atoms. The van der Waals surface area contributed by atoms with Crippen LogP contribution in [0.4, 0.5) is 0 Å². The van der Waals surface area contributed by atoms with Crippen LogP contribution in [0.1, 0.15) is 35.2 Å². The van der Waals surface area contributed by atoms with Gasteiger partial charge in [-0.15, -0.1) is 0 Å². The number of rotatable bonds is 4. The Balaban J connectivity index is 1.79. The van der Waals surface area contributed by atoms with Crippen molar-refractivity contribution in [2.75, 3.05) is 13.1 Å². The van der Waals surface area contributed by atoms with Crippen molar-refractivity contribution in [3.8, 4) is 0 Å². The molecule has 1 fully saturated rings. The van der Waals surface area contributed by atoms with Crippen molar-refractivity contribution in [3.05, 3.63) is 35.4 Å². The highest BCUT2D eigenvalue weighted by Crippen LogP contribution is 2.09. The van der Waals surface area contributed by atoms with Gasteiger partial charge >= 0.3 is 0 Å². The molecule has 0 spiro atoms. The third-order valence-electron chi connectivity index (χ3n) is 3.33. The van der Waals surface area contributed by atoms with Crippen LogP contribution in [-0.2, 0) is 0 Å². The summed E-state index contributed by atoms with van der Waals surface area (Å²) in [5.74, 6) is 0.0427. The summed E-state index contributed by atoms with van der Waals surface area (Å²) in [4.78, 5) is 11.9. The third kappa shape index (κ3) is 3.30. The van der Waals surface area contributed by atoms with Crippen LogP contribution in [-0.4, -0.2) is 25.0 Å². The molecular weight excluding hydrogens is 212 g/mol. The zero-order valence-electron chi connectivity index (χ0n) is 10.3. The van der Waals surface area contributed by atoms with Gasteiger partial charge in [0.1, 0.15) is 0 Å². The molecule has 1 atom stereocenters. The molecule has 1 aliphatic rings. The van der Waals surface area contributed by atoms with E-state index >= 15 is 0 Å². The molecule has 0 saturated carbocycles. The predicted octanol–water partition coefficient (Wildman–Crippen LogP) is 1.87. The molecule has 1 aromatic carbocycles. The van der Waals surface area contributed by atoms with Crippen molar-refractivity contribution >= 4 is 5.91 Å². The minimum absolute atomic E-state index is 0.0427. The summed E-state index contributed by atoms with van der Waals surface area (Å²) in [6.45, 7) is 3.84. The van der Waals surface area contributed by atoms with Gasteiger partial charge in [-0.05, 0) is 44.4 Å². The number of hydrogen-bond donors (Lipinski definition) is 2. The Labute approximate surface area is 103 Å².